The van der Waals surface area contributed by atoms with Crippen molar-refractivity contribution >= 4 is 29.1 Å². The summed E-state index contributed by atoms with van der Waals surface area (Å²) in [6, 6.07) is 22.8. The number of benzene rings is 3. The fourth-order valence-corrected chi connectivity index (χ4v) is 7.17. The zero-order valence-corrected chi connectivity index (χ0v) is 26.5. The van der Waals surface area contributed by atoms with Gasteiger partial charge in [0, 0.05) is 43.1 Å². The summed E-state index contributed by atoms with van der Waals surface area (Å²) in [7, 11) is 0. The van der Waals surface area contributed by atoms with Gasteiger partial charge in [0.2, 0.25) is 11.8 Å². The van der Waals surface area contributed by atoms with E-state index < -0.39 is 17.4 Å². The lowest BCUT2D eigenvalue weighted by molar-refractivity contribution is -0.139. The van der Waals surface area contributed by atoms with Crippen LogP contribution in [-0.4, -0.2) is 52.0 Å². The Morgan fingerprint density at radius 3 is 2.57 bits per heavy atom. The lowest BCUT2D eigenvalue weighted by atomic mass is 9.83. The molecular formula is C38H43N3O5. The van der Waals surface area contributed by atoms with Crippen molar-refractivity contribution in [3.63, 3.8) is 0 Å². The fraction of sp³-hybridized carbons (Fsp3) is 0.395. The number of carbonyl (C=O) groups excluding carboxylic acids is 3. The standard InChI is InChI=1S/C38H43N3O5/c1-27(12-10-20-36(44)40-25-30-15-6-5-14-29(30)23-32(40)26-42)38(46)33-17-7-8-18-34(33)41(37(38)45)24-28-13-11-16-31(22-28)39-21-9-3-2-4-19-35(39)43/h5-8,10-18,22,27,32,42,46H,2-4,9,19-21,23-26H2,1H3/b12-10+/t27-,32+,38+/m1/s1. The Balaban J connectivity index is 1.17. The molecule has 0 aromatic heterocycles. The van der Waals surface area contributed by atoms with Gasteiger partial charge in [0.15, 0.2) is 5.60 Å². The van der Waals surface area contributed by atoms with Crippen molar-refractivity contribution in [2.24, 2.45) is 5.92 Å². The number of carbonyl (C=O) groups is 3. The number of nitrogens with zero attached hydrogens (tertiary/aromatic N) is 3. The Morgan fingerprint density at radius 2 is 1.74 bits per heavy atom. The van der Waals surface area contributed by atoms with Crippen LogP contribution in [0.15, 0.2) is 84.9 Å². The van der Waals surface area contributed by atoms with Crippen molar-refractivity contribution in [3.05, 3.63) is 107 Å². The van der Waals surface area contributed by atoms with Gasteiger partial charge >= 0.3 is 0 Å². The number of anilines is 2. The molecule has 240 valence electrons. The number of hydrogen-bond acceptors (Lipinski definition) is 5. The van der Waals surface area contributed by atoms with Crippen LogP contribution in [0.25, 0.3) is 0 Å². The van der Waals surface area contributed by atoms with Gasteiger partial charge in [-0.3, -0.25) is 14.4 Å². The van der Waals surface area contributed by atoms with Gasteiger partial charge in [-0.2, -0.15) is 0 Å². The van der Waals surface area contributed by atoms with E-state index in [9.17, 15) is 24.6 Å². The molecule has 3 atom stereocenters. The normalized spacial score (nSPS) is 22.4. The molecule has 1 fully saturated rings. The van der Waals surface area contributed by atoms with Crippen LogP contribution >= 0.6 is 0 Å². The molecule has 2 N–H and O–H groups in total. The first-order valence-corrected chi connectivity index (χ1v) is 16.5. The van der Waals surface area contributed by atoms with Crippen molar-refractivity contribution in [1.29, 1.82) is 0 Å². The number of para-hydroxylation sites is 1. The Labute approximate surface area is 270 Å². The van der Waals surface area contributed by atoms with E-state index in [0.717, 1.165) is 48.1 Å². The second-order valence-corrected chi connectivity index (χ2v) is 12.8. The van der Waals surface area contributed by atoms with E-state index in [2.05, 4.69) is 0 Å². The number of amides is 3. The van der Waals surface area contributed by atoms with Gasteiger partial charge < -0.3 is 24.9 Å². The molecular weight excluding hydrogens is 578 g/mol. The predicted molar refractivity (Wildman–Crippen MR) is 178 cm³/mol. The highest BCUT2D eigenvalue weighted by molar-refractivity contribution is 6.07. The third-order valence-electron chi connectivity index (χ3n) is 9.83. The molecule has 3 aromatic carbocycles. The van der Waals surface area contributed by atoms with Gasteiger partial charge in [0.1, 0.15) is 0 Å². The topological polar surface area (TPSA) is 101 Å². The number of hydrogen-bond donors (Lipinski definition) is 2. The average molecular weight is 622 g/mol. The predicted octanol–water partition coefficient (Wildman–Crippen LogP) is 5.25. The molecule has 0 bridgehead atoms. The van der Waals surface area contributed by atoms with E-state index >= 15 is 0 Å². The maximum atomic E-state index is 14.1. The molecule has 46 heavy (non-hydrogen) atoms. The monoisotopic (exact) mass is 621 g/mol. The zero-order valence-electron chi connectivity index (χ0n) is 26.5. The quantitative estimate of drug-likeness (QED) is 0.335. The number of rotatable bonds is 8. The van der Waals surface area contributed by atoms with Crippen LogP contribution in [0.3, 0.4) is 0 Å². The maximum absolute atomic E-state index is 14.1. The van der Waals surface area contributed by atoms with Crippen LogP contribution in [-0.2, 0) is 39.5 Å². The molecule has 3 aliphatic rings. The number of aliphatic hydroxyl groups is 2. The molecule has 3 heterocycles. The van der Waals surface area contributed by atoms with Gasteiger partial charge in [-0.1, -0.05) is 86.5 Å². The molecule has 1 saturated heterocycles. The van der Waals surface area contributed by atoms with Crippen molar-refractivity contribution < 1.29 is 24.6 Å². The van der Waals surface area contributed by atoms with Gasteiger partial charge in [-0.25, -0.2) is 0 Å². The highest BCUT2D eigenvalue weighted by Crippen LogP contribution is 2.45. The van der Waals surface area contributed by atoms with Crippen LogP contribution in [0.2, 0.25) is 0 Å². The highest BCUT2D eigenvalue weighted by Gasteiger charge is 2.52. The summed E-state index contributed by atoms with van der Waals surface area (Å²) < 4.78 is 0. The summed E-state index contributed by atoms with van der Waals surface area (Å²) in [5, 5.41) is 22.0. The first-order chi connectivity index (χ1) is 22.3. The molecule has 0 unspecified atom stereocenters. The molecule has 0 saturated carbocycles. The second-order valence-electron chi connectivity index (χ2n) is 12.8. The third-order valence-corrected chi connectivity index (χ3v) is 9.83. The Morgan fingerprint density at radius 1 is 0.978 bits per heavy atom. The molecule has 0 radical (unpaired) electrons. The van der Waals surface area contributed by atoms with E-state index in [-0.39, 0.29) is 37.4 Å². The highest BCUT2D eigenvalue weighted by atomic mass is 16.3. The maximum Gasteiger partial charge on any atom is 0.264 e. The van der Waals surface area contributed by atoms with Gasteiger partial charge in [0.05, 0.1) is 24.9 Å². The molecule has 3 aliphatic heterocycles. The van der Waals surface area contributed by atoms with E-state index in [0.29, 0.717) is 37.2 Å². The molecule has 3 aromatic rings. The SMILES string of the molecule is C[C@H](/C=C/CC(=O)N1Cc2ccccc2C[C@H]1CO)[C@@]1(O)C(=O)N(Cc2cccc(N3CCCCCCC3=O)c2)c2ccccc21. The fourth-order valence-electron chi connectivity index (χ4n) is 7.17. The van der Waals surface area contributed by atoms with Gasteiger partial charge in [0.25, 0.3) is 5.91 Å². The average Bonchev–Trinajstić information content (AvgIpc) is 3.28. The van der Waals surface area contributed by atoms with Gasteiger partial charge in [-0.15, -0.1) is 0 Å². The first kappa shape index (κ1) is 31.7. The molecule has 0 aliphatic carbocycles. The van der Waals surface area contributed by atoms with Crippen molar-refractivity contribution in [1.82, 2.24) is 4.90 Å². The van der Waals surface area contributed by atoms with E-state index in [1.807, 2.05) is 71.6 Å². The Hall–Kier alpha value is -4.27. The largest absolute Gasteiger partial charge is 0.394 e. The lowest BCUT2D eigenvalue weighted by Gasteiger charge is -2.36. The lowest BCUT2D eigenvalue weighted by Crippen LogP contribution is -2.46. The van der Waals surface area contributed by atoms with Crippen LogP contribution in [0.5, 0.6) is 0 Å². The van der Waals surface area contributed by atoms with E-state index in [1.165, 1.54) is 0 Å². The molecule has 0 spiro atoms. The molecule has 3 amide bonds. The minimum absolute atomic E-state index is 0.0979. The van der Waals surface area contributed by atoms with Crippen LogP contribution in [0.4, 0.5) is 11.4 Å². The van der Waals surface area contributed by atoms with Gasteiger partial charge in [-0.05, 0) is 54.2 Å². The molecule has 8 nitrogen and oxygen atoms in total. The summed E-state index contributed by atoms with van der Waals surface area (Å²) >= 11 is 0. The van der Waals surface area contributed by atoms with Crippen LogP contribution in [0, 0.1) is 5.92 Å². The summed E-state index contributed by atoms with van der Waals surface area (Å²) in [4.78, 5) is 45.4. The Bertz CT molecular complexity index is 1640. The van der Waals surface area contributed by atoms with E-state index in [1.54, 1.807) is 34.9 Å². The molecule has 8 heteroatoms. The summed E-state index contributed by atoms with van der Waals surface area (Å²) in [5.41, 5.74) is 3.32. The van der Waals surface area contributed by atoms with Crippen LogP contribution in [0.1, 0.15) is 67.7 Å². The Kier molecular flexibility index (Phi) is 9.38. The van der Waals surface area contributed by atoms with Crippen LogP contribution < -0.4 is 9.80 Å². The second kappa shape index (κ2) is 13.6. The minimum atomic E-state index is -1.80. The summed E-state index contributed by atoms with van der Waals surface area (Å²) in [5.74, 6) is -1.01. The smallest absolute Gasteiger partial charge is 0.264 e. The molecule has 6 rings (SSSR count). The number of aliphatic hydroxyl groups excluding tert-OH is 1. The summed E-state index contributed by atoms with van der Waals surface area (Å²) in [6.45, 7) is 3.06. The van der Waals surface area contributed by atoms with Crippen molar-refractivity contribution in [3.8, 4) is 0 Å². The number of fused-ring (bicyclic) bond motifs is 2. The third kappa shape index (κ3) is 6.11. The summed E-state index contributed by atoms with van der Waals surface area (Å²) in [6.07, 6.45) is 8.78. The van der Waals surface area contributed by atoms with Crippen molar-refractivity contribution in [2.45, 2.75) is 76.6 Å². The zero-order chi connectivity index (χ0) is 32.3. The van der Waals surface area contributed by atoms with E-state index in [4.69, 9.17) is 0 Å². The minimum Gasteiger partial charge on any atom is -0.394 e. The first-order valence-electron chi connectivity index (χ1n) is 16.5. The van der Waals surface area contributed by atoms with Crippen molar-refractivity contribution in [2.75, 3.05) is 23.0 Å².